The van der Waals surface area contributed by atoms with Crippen LogP contribution < -0.4 is 10.6 Å². The molecule has 2 aliphatic rings. The minimum Gasteiger partial charge on any atom is -0.478 e. The van der Waals surface area contributed by atoms with E-state index in [0.717, 1.165) is 32.2 Å². The minimum atomic E-state index is -0.987. The van der Waals surface area contributed by atoms with Gasteiger partial charge in [0.15, 0.2) is 0 Å². The van der Waals surface area contributed by atoms with Crippen molar-refractivity contribution in [3.05, 3.63) is 22.7 Å². The molecule has 0 atom stereocenters. The first kappa shape index (κ1) is 13.5. The van der Waals surface area contributed by atoms with Gasteiger partial charge in [-0.2, -0.15) is 0 Å². The monoisotopic (exact) mass is 295 g/mol. The molecule has 0 unspecified atom stereocenters. The van der Waals surface area contributed by atoms with E-state index in [-0.39, 0.29) is 5.56 Å². The van der Waals surface area contributed by atoms with Gasteiger partial charge in [0.1, 0.15) is 0 Å². The molecule has 0 amide bonds. The van der Waals surface area contributed by atoms with Crippen LogP contribution >= 0.6 is 11.6 Å². The Hall–Kier alpha value is -1.46. The van der Waals surface area contributed by atoms with Gasteiger partial charge in [0.25, 0.3) is 0 Å². The summed E-state index contributed by atoms with van der Waals surface area (Å²) in [7, 11) is 0. The predicted octanol–water partition coefficient (Wildman–Crippen LogP) is 1.90. The molecule has 0 radical (unpaired) electrons. The van der Waals surface area contributed by atoms with Gasteiger partial charge in [-0.1, -0.05) is 11.6 Å². The molecule has 0 bridgehead atoms. The molecule has 0 aromatic heterocycles. The fourth-order valence-electron chi connectivity index (χ4n) is 2.85. The Balaban J connectivity index is 1.84. The number of rotatable bonds is 3. The van der Waals surface area contributed by atoms with Gasteiger partial charge in [-0.15, -0.1) is 0 Å². The molecule has 20 heavy (non-hydrogen) atoms. The second-order valence-electron chi connectivity index (χ2n) is 5.46. The average Bonchev–Trinajstić information content (AvgIpc) is 3.22. The molecule has 1 aliphatic carbocycles. The number of aromatic carboxylic acids is 1. The van der Waals surface area contributed by atoms with Crippen molar-refractivity contribution in [2.45, 2.75) is 18.9 Å². The van der Waals surface area contributed by atoms with E-state index in [4.69, 9.17) is 17.3 Å². The number of halogens is 1. The standard InChI is InChI=1S/C14H18ClN3O2/c15-12-8-9(16)7-11(14(19)20)13(12)18-5-3-17(4-6-18)10-1-2-10/h7-8,10H,1-6,16H2,(H,19,20). The number of carboxylic acids is 1. The third-order valence-corrected chi connectivity index (χ3v) is 4.30. The summed E-state index contributed by atoms with van der Waals surface area (Å²) in [6.45, 7) is 3.54. The van der Waals surface area contributed by atoms with E-state index in [1.165, 1.54) is 18.9 Å². The number of piperazine rings is 1. The predicted molar refractivity (Wildman–Crippen MR) is 79.6 cm³/mol. The molecular weight excluding hydrogens is 278 g/mol. The van der Waals surface area contributed by atoms with Crippen LogP contribution in [-0.2, 0) is 0 Å². The SMILES string of the molecule is Nc1cc(Cl)c(N2CCN(C3CC3)CC2)c(C(=O)O)c1. The van der Waals surface area contributed by atoms with Crippen molar-refractivity contribution in [3.8, 4) is 0 Å². The fourth-order valence-corrected chi connectivity index (χ4v) is 3.20. The van der Waals surface area contributed by atoms with Crippen LogP contribution in [-0.4, -0.2) is 48.2 Å². The molecule has 3 N–H and O–H groups in total. The number of carbonyl (C=O) groups is 1. The van der Waals surface area contributed by atoms with Crippen molar-refractivity contribution >= 4 is 28.9 Å². The quantitative estimate of drug-likeness (QED) is 0.834. The van der Waals surface area contributed by atoms with Crippen molar-refractivity contribution in [3.63, 3.8) is 0 Å². The molecule has 1 aromatic rings. The van der Waals surface area contributed by atoms with Gasteiger partial charge in [0.05, 0.1) is 16.3 Å². The lowest BCUT2D eigenvalue weighted by Gasteiger charge is -2.37. The van der Waals surface area contributed by atoms with Gasteiger partial charge >= 0.3 is 5.97 Å². The summed E-state index contributed by atoms with van der Waals surface area (Å²) in [6, 6.07) is 3.85. The van der Waals surface area contributed by atoms with Gasteiger partial charge in [0.2, 0.25) is 0 Å². The summed E-state index contributed by atoms with van der Waals surface area (Å²) in [6.07, 6.45) is 2.59. The summed E-state index contributed by atoms with van der Waals surface area (Å²) < 4.78 is 0. The Bertz CT molecular complexity index is 537. The van der Waals surface area contributed by atoms with E-state index in [2.05, 4.69) is 9.80 Å². The van der Waals surface area contributed by atoms with Crippen LogP contribution in [0.2, 0.25) is 5.02 Å². The maximum Gasteiger partial charge on any atom is 0.337 e. The van der Waals surface area contributed by atoms with Crippen molar-refractivity contribution in [2.75, 3.05) is 36.8 Å². The lowest BCUT2D eigenvalue weighted by atomic mass is 10.1. The molecular formula is C14H18ClN3O2. The van der Waals surface area contributed by atoms with E-state index in [9.17, 15) is 9.90 Å². The van der Waals surface area contributed by atoms with E-state index in [0.29, 0.717) is 16.4 Å². The Kier molecular flexibility index (Phi) is 3.48. The first-order valence-electron chi connectivity index (χ1n) is 6.87. The second kappa shape index (κ2) is 5.14. The van der Waals surface area contributed by atoms with Crippen LogP contribution in [0.3, 0.4) is 0 Å². The van der Waals surface area contributed by atoms with Crippen molar-refractivity contribution < 1.29 is 9.90 Å². The Morgan fingerprint density at radius 1 is 1.25 bits per heavy atom. The van der Waals surface area contributed by atoms with E-state index < -0.39 is 5.97 Å². The van der Waals surface area contributed by atoms with Crippen LogP contribution in [0.15, 0.2) is 12.1 Å². The van der Waals surface area contributed by atoms with Gasteiger partial charge < -0.3 is 15.7 Å². The lowest BCUT2D eigenvalue weighted by Crippen LogP contribution is -2.47. The van der Waals surface area contributed by atoms with E-state index in [1.807, 2.05) is 0 Å². The zero-order chi connectivity index (χ0) is 14.3. The third-order valence-electron chi connectivity index (χ3n) is 4.01. The summed E-state index contributed by atoms with van der Waals surface area (Å²) >= 11 is 6.22. The third kappa shape index (κ3) is 2.55. The molecule has 5 nitrogen and oxygen atoms in total. The van der Waals surface area contributed by atoms with Crippen LogP contribution in [0, 0.1) is 0 Å². The Labute approximate surface area is 122 Å². The molecule has 108 valence electrons. The van der Waals surface area contributed by atoms with E-state index >= 15 is 0 Å². The first-order valence-corrected chi connectivity index (χ1v) is 7.25. The molecule has 1 aliphatic heterocycles. The molecule has 6 heteroatoms. The van der Waals surface area contributed by atoms with Gasteiger partial charge in [-0.25, -0.2) is 4.79 Å². The van der Waals surface area contributed by atoms with Gasteiger partial charge in [-0.3, -0.25) is 4.90 Å². The number of nitrogens with two attached hydrogens (primary N) is 1. The topological polar surface area (TPSA) is 69.8 Å². The summed E-state index contributed by atoms with van der Waals surface area (Å²) in [5, 5.41) is 9.76. The normalized spacial score (nSPS) is 20.1. The maximum absolute atomic E-state index is 11.4. The average molecular weight is 296 g/mol. The number of anilines is 2. The zero-order valence-corrected chi connectivity index (χ0v) is 11.9. The molecule has 2 fully saturated rings. The number of benzene rings is 1. The lowest BCUT2D eigenvalue weighted by molar-refractivity contribution is 0.0697. The number of hydrogen-bond acceptors (Lipinski definition) is 4. The Morgan fingerprint density at radius 3 is 2.45 bits per heavy atom. The number of hydrogen-bond donors (Lipinski definition) is 2. The van der Waals surface area contributed by atoms with Gasteiger partial charge in [0, 0.05) is 37.9 Å². The number of carboxylic acid groups (broad SMARTS) is 1. The van der Waals surface area contributed by atoms with Crippen LogP contribution in [0.25, 0.3) is 0 Å². The fraction of sp³-hybridized carbons (Fsp3) is 0.500. The smallest absolute Gasteiger partial charge is 0.337 e. The maximum atomic E-state index is 11.4. The van der Waals surface area contributed by atoms with Crippen molar-refractivity contribution in [1.82, 2.24) is 4.90 Å². The number of nitrogen functional groups attached to an aromatic ring is 1. The first-order chi connectivity index (χ1) is 9.56. The highest BCUT2D eigenvalue weighted by atomic mass is 35.5. The molecule has 1 aromatic carbocycles. The highest BCUT2D eigenvalue weighted by Crippen LogP contribution is 2.34. The number of nitrogens with zero attached hydrogens (tertiary/aromatic N) is 2. The van der Waals surface area contributed by atoms with Gasteiger partial charge in [-0.05, 0) is 25.0 Å². The zero-order valence-electron chi connectivity index (χ0n) is 11.2. The largest absolute Gasteiger partial charge is 0.478 e. The summed E-state index contributed by atoms with van der Waals surface area (Å²) in [5.74, 6) is -0.987. The van der Waals surface area contributed by atoms with Crippen LogP contribution in [0.5, 0.6) is 0 Å². The Morgan fingerprint density at radius 2 is 1.90 bits per heavy atom. The van der Waals surface area contributed by atoms with Crippen molar-refractivity contribution in [2.24, 2.45) is 0 Å². The minimum absolute atomic E-state index is 0.190. The van der Waals surface area contributed by atoms with Crippen molar-refractivity contribution in [1.29, 1.82) is 0 Å². The molecule has 3 rings (SSSR count). The second-order valence-corrected chi connectivity index (χ2v) is 5.87. The molecule has 1 heterocycles. The van der Waals surface area contributed by atoms with Crippen LogP contribution in [0.4, 0.5) is 11.4 Å². The summed E-state index contributed by atoms with van der Waals surface area (Å²) in [4.78, 5) is 15.9. The highest BCUT2D eigenvalue weighted by Gasteiger charge is 2.32. The molecule has 1 saturated heterocycles. The van der Waals surface area contributed by atoms with Crippen LogP contribution in [0.1, 0.15) is 23.2 Å². The molecule has 1 saturated carbocycles. The highest BCUT2D eigenvalue weighted by molar-refractivity contribution is 6.34. The van der Waals surface area contributed by atoms with E-state index in [1.54, 1.807) is 6.07 Å². The molecule has 0 spiro atoms. The summed E-state index contributed by atoms with van der Waals surface area (Å²) in [5.41, 5.74) is 6.86.